The van der Waals surface area contributed by atoms with Crippen molar-refractivity contribution >= 4 is 17.7 Å². The van der Waals surface area contributed by atoms with Crippen molar-refractivity contribution in [2.75, 3.05) is 25.1 Å². The summed E-state index contributed by atoms with van der Waals surface area (Å²) >= 11 is 1.83. The molecule has 0 amide bonds. The van der Waals surface area contributed by atoms with Crippen LogP contribution < -0.4 is 16.6 Å². The van der Waals surface area contributed by atoms with Crippen LogP contribution in [0.2, 0.25) is 0 Å². The summed E-state index contributed by atoms with van der Waals surface area (Å²) in [5.41, 5.74) is 2.51. The largest absolute Gasteiger partial charge is 0.356 e. The minimum absolute atomic E-state index is 0.679. The van der Waals surface area contributed by atoms with Crippen molar-refractivity contribution in [2.24, 2.45) is 10.8 Å². The van der Waals surface area contributed by atoms with E-state index in [1.54, 1.807) is 0 Å². The van der Waals surface area contributed by atoms with Crippen LogP contribution in [0.5, 0.6) is 0 Å². The molecule has 5 heteroatoms. The first-order valence-corrected chi connectivity index (χ1v) is 5.48. The summed E-state index contributed by atoms with van der Waals surface area (Å²) in [4.78, 5) is 4.23. The van der Waals surface area contributed by atoms with Crippen LogP contribution in [0.3, 0.4) is 0 Å². The maximum Gasteiger partial charge on any atom is 0.205 e. The highest BCUT2D eigenvalue weighted by atomic mass is 32.2. The van der Waals surface area contributed by atoms with Crippen LogP contribution in [-0.4, -0.2) is 31.1 Å². The summed E-state index contributed by atoms with van der Waals surface area (Å²) in [5.74, 6) is 7.05. The van der Waals surface area contributed by atoms with Crippen LogP contribution in [-0.2, 0) is 0 Å². The van der Waals surface area contributed by atoms with E-state index in [0.29, 0.717) is 5.96 Å². The smallest absolute Gasteiger partial charge is 0.205 e. The second-order valence-electron chi connectivity index (χ2n) is 2.25. The lowest BCUT2D eigenvalue weighted by Gasteiger charge is -2.05. The molecule has 0 spiro atoms. The van der Waals surface area contributed by atoms with E-state index in [4.69, 9.17) is 5.84 Å². The van der Waals surface area contributed by atoms with Crippen LogP contribution in [0.4, 0.5) is 0 Å². The van der Waals surface area contributed by atoms with Gasteiger partial charge in [-0.1, -0.05) is 0 Å². The topological polar surface area (TPSA) is 62.4 Å². The van der Waals surface area contributed by atoms with E-state index < -0.39 is 0 Å². The van der Waals surface area contributed by atoms with Crippen molar-refractivity contribution in [3.8, 4) is 0 Å². The normalized spacial score (nSPS) is 11.4. The zero-order chi connectivity index (χ0) is 9.23. The molecule has 12 heavy (non-hydrogen) atoms. The van der Waals surface area contributed by atoms with Gasteiger partial charge in [0, 0.05) is 13.1 Å². The lowest BCUT2D eigenvalue weighted by molar-refractivity contribution is 0.839. The van der Waals surface area contributed by atoms with Crippen LogP contribution >= 0.6 is 11.8 Å². The number of hydrazine groups is 1. The number of hydrogen-bond donors (Lipinski definition) is 3. The molecule has 0 heterocycles. The van der Waals surface area contributed by atoms with E-state index >= 15 is 0 Å². The summed E-state index contributed by atoms with van der Waals surface area (Å²) in [6, 6.07) is 0. The maximum atomic E-state index is 5.23. The molecule has 0 rings (SSSR count). The number of nitrogens with two attached hydrogens (primary N) is 1. The van der Waals surface area contributed by atoms with Crippen LogP contribution in [0.15, 0.2) is 4.99 Å². The second-order valence-corrected chi connectivity index (χ2v) is 3.24. The first kappa shape index (κ1) is 11.6. The van der Waals surface area contributed by atoms with Crippen LogP contribution in [0.1, 0.15) is 13.3 Å². The van der Waals surface area contributed by atoms with Gasteiger partial charge in [0.25, 0.3) is 0 Å². The third-order valence-corrected chi connectivity index (χ3v) is 1.95. The van der Waals surface area contributed by atoms with E-state index in [9.17, 15) is 0 Å². The van der Waals surface area contributed by atoms with Gasteiger partial charge in [-0.25, -0.2) is 5.84 Å². The minimum Gasteiger partial charge on any atom is -0.356 e. The SMILES string of the molecule is CCNC(=NCCCSC)NN. The van der Waals surface area contributed by atoms with E-state index in [1.807, 2.05) is 18.7 Å². The third-order valence-electron chi connectivity index (χ3n) is 1.26. The lowest BCUT2D eigenvalue weighted by Crippen LogP contribution is -2.41. The number of aliphatic imine (C=N–C) groups is 1. The molecular weight excluding hydrogens is 172 g/mol. The number of rotatable bonds is 5. The maximum absolute atomic E-state index is 5.23. The van der Waals surface area contributed by atoms with Crippen molar-refractivity contribution in [2.45, 2.75) is 13.3 Å². The number of thioether (sulfide) groups is 1. The van der Waals surface area contributed by atoms with Crippen molar-refractivity contribution in [1.82, 2.24) is 10.7 Å². The fraction of sp³-hybridized carbons (Fsp3) is 0.857. The number of hydrogen-bond acceptors (Lipinski definition) is 3. The van der Waals surface area contributed by atoms with E-state index in [-0.39, 0.29) is 0 Å². The Balaban J connectivity index is 3.48. The summed E-state index contributed by atoms with van der Waals surface area (Å²) in [6.07, 6.45) is 3.19. The Bertz CT molecular complexity index is 127. The molecular formula is C7H18N4S. The number of nitrogens with zero attached hydrogens (tertiary/aromatic N) is 1. The number of guanidine groups is 1. The molecule has 0 unspecified atom stereocenters. The average molecular weight is 190 g/mol. The van der Waals surface area contributed by atoms with Gasteiger partial charge in [-0.15, -0.1) is 0 Å². The summed E-state index contributed by atoms with van der Waals surface area (Å²) in [7, 11) is 0. The molecule has 0 saturated heterocycles. The Morgan fingerprint density at radius 3 is 2.83 bits per heavy atom. The monoisotopic (exact) mass is 190 g/mol. The highest BCUT2D eigenvalue weighted by Crippen LogP contribution is 1.94. The predicted molar refractivity (Wildman–Crippen MR) is 56.3 cm³/mol. The molecule has 0 atom stereocenters. The molecule has 0 radical (unpaired) electrons. The van der Waals surface area contributed by atoms with Crippen molar-refractivity contribution in [1.29, 1.82) is 0 Å². The van der Waals surface area contributed by atoms with Gasteiger partial charge in [0.15, 0.2) is 0 Å². The van der Waals surface area contributed by atoms with Gasteiger partial charge in [-0.3, -0.25) is 10.4 Å². The Kier molecular flexibility index (Phi) is 8.37. The van der Waals surface area contributed by atoms with Gasteiger partial charge in [0.1, 0.15) is 0 Å². The fourth-order valence-electron chi connectivity index (χ4n) is 0.720. The van der Waals surface area contributed by atoms with Gasteiger partial charge in [0.2, 0.25) is 5.96 Å². The van der Waals surface area contributed by atoms with Gasteiger partial charge in [0.05, 0.1) is 0 Å². The molecule has 0 aromatic rings. The Labute approximate surface area is 78.4 Å². The zero-order valence-electron chi connectivity index (χ0n) is 7.76. The molecule has 0 bridgehead atoms. The van der Waals surface area contributed by atoms with Crippen molar-refractivity contribution in [3.05, 3.63) is 0 Å². The quantitative estimate of drug-likeness (QED) is 0.190. The highest BCUT2D eigenvalue weighted by molar-refractivity contribution is 7.98. The van der Waals surface area contributed by atoms with Crippen molar-refractivity contribution < 1.29 is 0 Å². The molecule has 4 nitrogen and oxygen atoms in total. The lowest BCUT2D eigenvalue weighted by atomic mass is 10.5. The Morgan fingerprint density at radius 1 is 1.58 bits per heavy atom. The first-order valence-electron chi connectivity index (χ1n) is 4.09. The molecule has 0 aromatic carbocycles. The molecule has 4 N–H and O–H groups in total. The summed E-state index contributed by atoms with van der Waals surface area (Å²) in [6.45, 7) is 3.67. The fourth-order valence-corrected chi connectivity index (χ4v) is 1.14. The standard InChI is InChI=1S/C7H18N4S/c1-3-9-7(11-8)10-5-4-6-12-2/h3-6,8H2,1-2H3,(H2,9,10,11). The average Bonchev–Trinajstić information content (AvgIpc) is 2.10. The highest BCUT2D eigenvalue weighted by Gasteiger charge is 1.90. The van der Waals surface area contributed by atoms with Crippen LogP contribution in [0.25, 0.3) is 0 Å². The number of nitrogens with one attached hydrogen (secondary N) is 2. The van der Waals surface area contributed by atoms with Gasteiger partial charge < -0.3 is 5.32 Å². The molecule has 0 aliphatic heterocycles. The molecule has 0 saturated carbocycles. The van der Waals surface area contributed by atoms with Gasteiger partial charge in [-0.2, -0.15) is 11.8 Å². The zero-order valence-corrected chi connectivity index (χ0v) is 8.58. The van der Waals surface area contributed by atoms with Gasteiger partial charge >= 0.3 is 0 Å². The van der Waals surface area contributed by atoms with E-state index in [2.05, 4.69) is 22.0 Å². The van der Waals surface area contributed by atoms with Gasteiger partial charge in [-0.05, 0) is 25.4 Å². The molecule has 0 fully saturated rings. The molecule has 0 aromatic heterocycles. The second kappa shape index (κ2) is 8.67. The minimum atomic E-state index is 0.679. The van der Waals surface area contributed by atoms with Crippen molar-refractivity contribution in [3.63, 3.8) is 0 Å². The molecule has 0 aliphatic carbocycles. The Morgan fingerprint density at radius 2 is 2.33 bits per heavy atom. The molecule has 0 aliphatic rings. The van der Waals surface area contributed by atoms with Crippen LogP contribution in [0, 0.1) is 0 Å². The van der Waals surface area contributed by atoms with E-state index in [1.165, 1.54) is 0 Å². The predicted octanol–water partition coefficient (Wildman–Crippen LogP) is 0.168. The Hall–Kier alpha value is -0.420. The third kappa shape index (κ3) is 6.30. The van der Waals surface area contributed by atoms with E-state index in [0.717, 1.165) is 25.3 Å². The molecule has 72 valence electrons. The summed E-state index contributed by atoms with van der Waals surface area (Å²) in [5, 5.41) is 3.02. The summed E-state index contributed by atoms with van der Waals surface area (Å²) < 4.78 is 0. The first-order chi connectivity index (χ1) is 5.85.